The number of carbonyl (C=O) groups is 1. The zero-order valence-electron chi connectivity index (χ0n) is 10.2. The van der Waals surface area contributed by atoms with Crippen LogP contribution >= 0.6 is 0 Å². The number of carboxylic acid groups (broad SMARTS) is 1. The lowest BCUT2D eigenvalue weighted by atomic mass is 10.1. The molecule has 0 aliphatic carbocycles. The van der Waals surface area contributed by atoms with Gasteiger partial charge in [-0.1, -0.05) is 0 Å². The topological polar surface area (TPSA) is 62.5 Å². The molecule has 2 aromatic rings. The third-order valence-electron chi connectivity index (χ3n) is 3.08. The Hall–Kier alpha value is -1.81. The lowest BCUT2D eigenvalue weighted by Gasteiger charge is -2.05. The van der Waals surface area contributed by atoms with Crippen LogP contribution in [0.3, 0.4) is 0 Å². The summed E-state index contributed by atoms with van der Waals surface area (Å²) in [6.07, 6.45) is 4.84. The molecule has 4 nitrogen and oxygen atoms in total. The Kier molecular flexibility index (Phi) is 3.99. The average Bonchev–Trinajstić information content (AvgIpc) is 2.77. The van der Waals surface area contributed by atoms with Gasteiger partial charge in [-0.25, -0.2) is 4.79 Å². The number of aliphatic hydroxyl groups is 1. The van der Waals surface area contributed by atoms with E-state index in [-0.39, 0.29) is 6.61 Å². The molecule has 0 radical (unpaired) electrons. The number of benzene rings is 1. The molecule has 0 saturated heterocycles. The number of aliphatic hydroxyl groups excluding tert-OH is 1. The van der Waals surface area contributed by atoms with Crippen molar-refractivity contribution in [1.29, 1.82) is 0 Å². The number of rotatable bonds is 6. The van der Waals surface area contributed by atoms with Crippen molar-refractivity contribution in [2.24, 2.45) is 0 Å². The Morgan fingerprint density at radius 3 is 2.72 bits per heavy atom. The molecule has 1 heterocycles. The monoisotopic (exact) mass is 247 g/mol. The van der Waals surface area contributed by atoms with Crippen molar-refractivity contribution in [3.8, 4) is 0 Å². The van der Waals surface area contributed by atoms with Crippen LogP contribution in [0.2, 0.25) is 0 Å². The van der Waals surface area contributed by atoms with Crippen LogP contribution in [-0.2, 0) is 6.54 Å². The summed E-state index contributed by atoms with van der Waals surface area (Å²) in [5.74, 6) is -0.896. The minimum Gasteiger partial charge on any atom is -0.478 e. The third-order valence-corrected chi connectivity index (χ3v) is 3.08. The van der Waals surface area contributed by atoms with Gasteiger partial charge in [0.1, 0.15) is 0 Å². The number of unbranched alkanes of at least 4 members (excludes halogenated alkanes) is 2. The Balaban J connectivity index is 2.13. The number of aromatic carboxylic acids is 1. The molecule has 2 N–H and O–H groups in total. The van der Waals surface area contributed by atoms with Crippen molar-refractivity contribution in [2.75, 3.05) is 6.61 Å². The molecule has 18 heavy (non-hydrogen) atoms. The summed E-state index contributed by atoms with van der Waals surface area (Å²) in [4.78, 5) is 10.9. The maximum atomic E-state index is 10.9. The number of aromatic nitrogens is 1. The van der Waals surface area contributed by atoms with Crippen LogP contribution in [-0.4, -0.2) is 27.4 Å². The Bertz CT molecular complexity index is 545. The minimum atomic E-state index is -0.896. The molecule has 0 fully saturated rings. The fourth-order valence-electron chi connectivity index (χ4n) is 2.10. The first-order valence-corrected chi connectivity index (χ1v) is 6.15. The molecule has 0 atom stereocenters. The van der Waals surface area contributed by atoms with E-state index in [1.165, 1.54) is 0 Å². The Morgan fingerprint density at radius 2 is 2.00 bits per heavy atom. The Labute approximate surface area is 105 Å². The van der Waals surface area contributed by atoms with Gasteiger partial charge in [-0.15, -0.1) is 0 Å². The van der Waals surface area contributed by atoms with Crippen LogP contribution in [0.4, 0.5) is 0 Å². The summed E-state index contributed by atoms with van der Waals surface area (Å²) in [6.45, 7) is 1.14. The fraction of sp³-hybridized carbons (Fsp3) is 0.357. The van der Waals surface area contributed by atoms with Gasteiger partial charge in [0.05, 0.1) is 5.56 Å². The normalized spacial score (nSPS) is 10.9. The first-order chi connectivity index (χ1) is 8.72. The molecule has 1 aromatic heterocycles. The molecule has 96 valence electrons. The van der Waals surface area contributed by atoms with Crippen LogP contribution in [0, 0.1) is 0 Å². The summed E-state index contributed by atoms with van der Waals surface area (Å²) in [5, 5.41) is 18.6. The van der Waals surface area contributed by atoms with E-state index < -0.39 is 5.97 Å². The highest BCUT2D eigenvalue weighted by Gasteiger charge is 2.06. The quantitative estimate of drug-likeness (QED) is 0.771. The summed E-state index contributed by atoms with van der Waals surface area (Å²) in [5.41, 5.74) is 1.38. The SMILES string of the molecule is O=C(O)c1ccc2c(ccn2CCCCCO)c1. The second-order valence-electron chi connectivity index (χ2n) is 4.37. The molecule has 0 aliphatic rings. The van der Waals surface area contributed by atoms with E-state index in [0.717, 1.165) is 36.7 Å². The second-order valence-corrected chi connectivity index (χ2v) is 4.37. The van der Waals surface area contributed by atoms with Crippen LogP contribution < -0.4 is 0 Å². The summed E-state index contributed by atoms with van der Waals surface area (Å²) in [6, 6.07) is 7.12. The van der Waals surface area contributed by atoms with E-state index in [0.29, 0.717) is 5.56 Å². The third kappa shape index (κ3) is 2.71. The van der Waals surface area contributed by atoms with Gasteiger partial charge in [-0.05, 0) is 43.5 Å². The molecule has 0 amide bonds. The fourth-order valence-corrected chi connectivity index (χ4v) is 2.10. The molecule has 0 aliphatic heterocycles. The summed E-state index contributed by atoms with van der Waals surface area (Å²) < 4.78 is 2.12. The van der Waals surface area contributed by atoms with Gasteiger partial charge >= 0.3 is 5.97 Å². The first kappa shape index (κ1) is 12.6. The van der Waals surface area contributed by atoms with Crippen molar-refractivity contribution in [3.05, 3.63) is 36.0 Å². The first-order valence-electron chi connectivity index (χ1n) is 6.15. The van der Waals surface area contributed by atoms with Crippen LogP contribution in [0.1, 0.15) is 29.6 Å². The number of hydrogen-bond acceptors (Lipinski definition) is 2. The number of carboxylic acids is 1. The maximum absolute atomic E-state index is 10.9. The van der Waals surface area contributed by atoms with Crippen LogP contribution in [0.15, 0.2) is 30.5 Å². The summed E-state index contributed by atoms with van der Waals surface area (Å²) >= 11 is 0. The molecule has 2 rings (SSSR count). The van der Waals surface area contributed by atoms with Crippen molar-refractivity contribution in [1.82, 2.24) is 4.57 Å². The molecule has 0 bridgehead atoms. The van der Waals surface area contributed by atoms with Gasteiger partial charge in [-0.3, -0.25) is 0 Å². The number of aryl methyl sites for hydroxylation is 1. The maximum Gasteiger partial charge on any atom is 0.335 e. The van der Waals surface area contributed by atoms with Gasteiger partial charge in [-0.2, -0.15) is 0 Å². The van der Waals surface area contributed by atoms with Crippen molar-refractivity contribution < 1.29 is 15.0 Å². The van der Waals surface area contributed by atoms with Crippen molar-refractivity contribution in [2.45, 2.75) is 25.8 Å². The molecular formula is C14H17NO3. The Morgan fingerprint density at radius 1 is 1.17 bits per heavy atom. The number of nitrogens with zero attached hydrogens (tertiary/aromatic N) is 1. The van der Waals surface area contributed by atoms with E-state index in [9.17, 15) is 4.79 Å². The zero-order chi connectivity index (χ0) is 13.0. The van der Waals surface area contributed by atoms with E-state index in [1.807, 2.05) is 18.3 Å². The molecule has 4 heteroatoms. The van der Waals surface area contributed by atoms with Gasteiger partial charge in [0.25, 0.3) is 0 Å². The highest BCUT2D eigenvalue weighted by atomic mass is 16.4. The predicted octanol–water partition coefficient (Wildman–Crippen LogP) is 2.50. The largest absolute Gasteiger partial charge is 0.478 e. The van der Waals surface area contributed by atoms with Crippen LogP contribution in [0.25, 0.3) is 10.9 Å². The van der Waals surface area contributed by atoms with Gasteiger partial charge < -0.3 is 14.8 Å². The molecule has 1 aromatic carbocycles. The van der Waals surface area contributed by atoms with E-state index in [2.05, 4.69) is 4.57 Å². The standard InChI is InChI=1S/C14H17NO3/c16-9-3-1-2-7-15-8-6-11-10-12(14(17)18)4-5-13(11)15/h4-6,8,10,16H,1-3,7,9H2,(H,17,18). The van der Waals surface area contributed by atoms with Crippen LogP contribution in [0.5, 0.6) is 0 Å². The molecule has 0 unspecified atom stereocenters. The van der Waals surface area contributed by atoms with E-state index >= 15 is 0 Å². The number of fused-ring (bicyclic) bond motifs is 1. The van der Waals surface area contributed by atoms with E-state index in [1.54, 1.807) is 12.1 Å². The smallest absolute Gasteiger partial charge is 0.335 e. The van der Waals surface area contributed by atoms with E-state index in [4.69, 9.17) is 10.2 Å². The second kappa shape index (κ2) is 5.69. The van der Waals surface area contributed by atoms with Gasteiger partial charge in [0.2, 0.25) is 0 Å². The highest BCUT2D eigenvalue weighted by molar-refractivity contribution is 5.93. The number of hydrogen-bond donors (Lipinski definition) is 2. The molecule has 0 saturated carbocycles. The van der Waals surface area contributed by atoms with Crippen molar-refractivity contribution >= 4 is 16.9 Å². The zero-order valence-corrected chi connectivity index (χ0v) is 10.2. The van der Waals surface area contributed by atoms with Gasteiger partial charge in [0.15, 0.2) is 0 Å². The highest BCUT2D eigenvalue weighted by Crippen LogP contribution is 2.18. The van der Waals surface area contributed by atoms with Gasteiger partial charge in [0, 0.05) is 30.3 Å². The van der Waals surface area contributed by atoms with Crippen molar-refractivity contribution in [3.63, 3.8) is 0 Å². The lowest BCUT2D eigenvalue weighted by Crippen LogP contribution is -1.98. The molecular weight excluding hydrogens is 230 g/mol. The minimum absolute atomic E-state index is 0.244. The molecule has 0 spiro atoms. The summed E-state index contributed by atoms with van der Waals surface area (Å²) in [7, 11) is 0. The lowest BCUT2D eigenvalue weighted by molar-refractivity contribution is 0.0697. The predicted molar refractivity (Wildman–Crippen MR) is 69.8 cm³/mol. The average molecular weight is 247 g/mol.